The van der Waals surface area contributed by atoms with Crippen molar-refractivity contribution in [2.45, 2.75) is 12.3 Å². The fourth-order valence-corrected chi connectivity index (χ4v) is 11.4. The lowest BCUT2D eigenvalue weighted by Gasteiger charge is -2.28. The van der Waals surface area contributed by atoms with E-state index in [-0.39, 0.29) is 5.41 Å². The van der Waals surface area contributed by atoms with Crippen molar-refractivity contribution in [3.63, 3.8) is 0 Å². The summed E-state index contributed by atoms with van der Waals surface area (Å²) in [4.78, 5) is 2.42. The first-order chi connectivity index (χ1) is 26.6. The minimum absolute atomic E-state index is 0.284. The van der Waals surface area contributed by atoms with Crippen molar-refractivity contribution in [2.24, 2.45) is 0 Å². The van der Waals surface area contributed by atoms with Gasteiger partial charge in [0.1, 0.15) is 11.2 Å². The first-order valence-electron chi connectivity index (χ1n) is 18.4. The Labute approximate surface area is 319 Å². The van der Waals surface area contributed by atoms with Crippen LogP contribution >= 0.6 is 22.7 Å². The summed E-state index contributed by atoms with van der Waals surface area (Å²) in [5, 5.41) is 7.46. The summed E-state index contributed by atoms with van der Waals surface area (Å²) in [7, 11) is 0. The summed E-state index contributed by atoms with van der Waals surface area (Å²) in [6.45, 7) is 2.38. The van der Waals surface area contributed by atoms with E-state index in [1.165, 1.54) is 68.2 Å². The van der Waals surface area contributed by atoms with E-state index in [1.807, 2.05) is 22.7 Å². The lowest BCUT2D eigenvalue weighted by molar-refractivity contribution is 0.667. The topological polar surface area (TPSA) is 16.4 Å². The summed E-state index contributed by atoms with van der Waals surface area (Å²) in [5.41, 5.74) is 11.5. The number of hydrogen-bond donors (Lipinski definition) is 0. The molecule has 0 N–H and O–H groups in total. The molecule has 254 valence electrons. The number of fused-ring (bicyclic) bond motifs is 12. The fourth-order valence-electron chi connectivity index (χ4n) is 9.13. The fraction of sp³-hybridized carbons (Fsp3) is 0.0400. The average Bonchev–Trinajstić information content (AvgIpc) is 3.96. The van der Waals surface area contributed by atoms with Crippen molar-refractivity contribution in [1.29, 1.82) is 0 Å². The maximum absolute atomic E-state index is 6.56. The zero-order chi connectivity index (χ0) is 35.5. The molecule has 0 unspecified atom stereocenters. The molecule has 4 heteroatoms. The molecule has 3 aromatic heterocycles. The van der Waals surface area contributed by atoms with E-state index in [2.05, 4.69) is 182 Å². The molecule has 8 aromatic carbocycles. The Kier molecular flexibility index (Phi) is 6.26. The third-order valence-corrected chi connectivity index (χ3v) is 14.0. The number of furan rings is 1. The van der Waals surface area contributed by atoms with E-state index < -0.39 is 0 Å². The normalized spacial score (nSPS) is 13.4. The van der Waals surface area contributed by atoms with Crippen molar-refractivity contribution in [1.82, 2.24) is 0 Å². The molecule has 0 fully saturated rings. The molecule has 0 aliphatic heterocycles. The predicted molar refractivity (Wildman–Crippen MR) is 232 cm³/mol. The molecule has 0 bridgehead atoms. The summed E-state index contributed by atoms with van der Waals surface area (Å²) in [6, 6.07) is 62.6. The minimum atomic E-state index is -0.284. The van der Waals surface area contributed by atoms with Gasteiger partial charge < -0.3 is 9.32 Å². The smallest absolute Gasteiger partial charge is 0.135 e. The van der Waals surface area contributed by atoms with E-state index in [0.29, 0.717) is 0 Å². The molecule has 12 rings (SSSR count). The molecule has 3 heterocycles. The molecule has 1 aliphatic carbocycles. The summed E-state index contributed by atoms with van der Waals surface area (Å²) in [5.74, 6) is 0. The van der Waals surface area contributed by atoms with Gasteiger partial charge in [-0.3, -0.25) is 0 Å². The minimum Gasteiger partial charge on any atom is -0.456 e. The van der Waals surface area contributed by atoms with E-state index in [1.54, 1.807) is 0 Å². The van der Waals surface area contributed by atoms with Crippen LogP contribution in [0.3, 0.4) is 0 Å². The number of hydrogen-bond acceptors (Lipinski definition) is 4. The van der Waals surface area contributed by atoms with Gasteiger partial charge >= 0.3 is 0 Å². The molecule has 54 heavy (non-hydrogen) atoms. The van der Waals surface area contributed by atoms with E-state index in [0.717, 1.165) is 39.0 Å². The van der Waals surface area contributed by atoms with Gasteiger partial charge in [-0.05, 0) is 101 Å². The second-order valence-electron chi connectivity index (χ2n) is 14.6. The van der Waals surface area contributed by atoms with Gasteiger partial charge in [0.2, 0.25) is 0 Å². The second kappa shape index (κ2) is 11.2. The maximum atomic E-state index is 6.56. The number of rotatable bonds is 4. The van der Waals surface area contributed by atoms with Crippen LogP contribution in [0, 0.1) is 0 Å². The summed E-state index contributed by atoms with van der Waals surface area (Å²) >= 11 is 3.72. The molecule has 2 nitrogen and oxygen atoms in total. The highest BCUT2D eigenvalue weighted by atomic mass is 32.1. The van der Waals surface area contributed by atoms with E-state index >= 15 is 0 Å². The Morgan fingerprint density at radius 1 is 0.407 bits per heavy atom. The monoisotopic (exact) mass is 725 g/mol. The van der Waals surface area contributed by atoms with Crippen LogP contribution in [0.4, 0.5) is 17.1 Å². The van der Waals surface area contributed by atoms with Gasteiger partial charge in [-0.25, -0.2) is 0 Å². The predicted octanol–water partition coefficient (Wildman–Crippen LogP) is 15.1. The van der Waals surface area contributed by atoms with Gasteiger partial charge in [-0.15, -0.1) is 22.7 Å². The highest BCUT2D eigenvalue weighted by Crippen LogP contribution is 2.53. The Morgan fingerprint density at radius 2 is 0.870 bits per heavy atom. The third kappa shape index (κ3) is 4.21. The SMILES string of the molecule is CC1(c2ccc3oc4ccc(N(c5ccc6c(c5)sc5ccccc56)c5ccc6c(c5)sc5ccccc56)cc4c3c2)c2ccccc2-c2ccccc21. The number of nitrogens with zero attached hydrogens (tertiary/aromatic N) is 1. The maximum Gasteiger partial charge on any atom is 0.135 e. The Morgan fingerprint density at radius 3 is 1.48 bits per heavy atom. The highest BCUT2D eigenvalue weighted by Gasteiger charge is 2.40. The van der Waals surface area contributed by atoms with Crippen LogP contribution in [0.1, 0.15) is 23.6 Å². The van der Waals surface area contributed by atoms with Gasteiger partial charge in [-0.1, -0.05) is 103 Å². The molecule has 0 radical (unpaired) electrons. The Bertz CT molecular complexity index is 3170. The van der Waals surface area contributed by atoms with Crippen molar-refractivity contribution in [3.05, 3.63) is 187 Å². The van der Waals surface area contributed by atoms with Crippen LogP contribution in [0.5, 0.6) is 0 Å². The van der Waals surface area contributed by atoms with Crippen LogP contribution in [-0.2, 0) is 5.41 Å². The third-order valence-electron chi connectivity index (χ3n) is 11.8. The summed E-state index contributed by atoms with van der Waals surface area (Å²) in [6.07, 6.45) is 0. The zero-order valence-electron chi connectivity index (χ0n) is 29.3. The first kappa shape index (κ1) is 30.3. The quantitative estimate of drug-likeness (QED) is 0.180. The van der Waals surface area contributed by atoms with E-state index in [9.17, 15) is 0 Å². The van der Waals surface area contributed by atoms with Crippen molar-refractivity contribution in [3.8, 4) is 11.1 Å². The lowest BCUT2D eigenvalue weighted by Crippen LogP contribution is -2.22. The van der Waals surface area contributed by atoms with E-state index in [4.69, 9.17) is 4.42 Å². The van der Waals surface area contributed by atoms with Crippen molar-refractivity contribution >= 4 is 102 Å². The van der Waals surface area contributed by atoms with Gasteiger partial charge in [0.15, 0.2) is 0 Å². The lowest BCUT2D eigenvalue weighted by atomic mass is 9.74. The Hall–Kier alpha value is -6.20. The first-order valence-corrected chi connectivity index (χ1v) is 20.0. The number of thiophene rings is 2. The molecule has 0 atom stereocenters. The van der Waals surface area contributed by atoms with Gasteiger partial charge in [0.05, 0.1) is 0 Å². The molecule has 0 spiro atoms. The molecule has 11 aromatic rings. The molecule has 0 saturated carbocycles. The average molecular weight is 726 g/mol. The standard InChI is InChI=1S/C50H31NOS2/c1-50(42-14-6-2-10-34(42)35-11-3-7-15-43(35)50)30-18-24-44-40(26-30)41-27-31(21-25-45(41)52-44)51(32-19-22-38-36-12-4-8-16-46(36)53-48(38)28-32)33-20-23-39-37-13-5-9-17-47(37)54-49(39)29-33/h2-29H,1H3. The molecule has 0 amide bonds. The number of anilines is 3. The van der Waals surface area contributed by atoms with Crippen molar-refractivity contribution in [2.75, 3.05) is 4.90 Å². The largest absolute Gasteiger partial charge is 0.456 e. The number of benzene rings is 8. The molecule has 0 saturated heterocycles. The molecule has 1 aliphatic rings. The highest BCUT2D eigenvalue weighted by molar-refractivity contribution is 7.26. The van der Waals surface area contributed by atoms with Crippen molar-refractivity contribution < 1.29 is 4.42 Å². The summed E-state index contributed by atoms with van der Waals surface area (Å²) < 4.78 is 11.7. The van der Waals surface area contributed by atoms with Crippen LogP contribution < -0.4 is 4.90 Å². The van der Waals surface area contributed by atoms with Gasteiger partial charge in [0, 0.05) is 73.6 Å². The molecular formula is C50H31NOS2. The van der Waals surface area contributed by atoms with Gasteiger partial charge in [-0.2, -0.15) is 0 Å². The van der Waals surface area contributed by atoms with Crippen LogP contribution in [0.2, 0.25) is 0 Å². The zero-order valence-corrected chi connectivity index (χ0v) is 31.0. The van der Waals surface area contributed by atoms with Crippen LogP contribution in [0.25, 0.3) is 73.4 Å². The molecular weight excluding hydrogens is 695 g/mol. The van der Waals surface area contributed by atoms with Crippen LogP contribution in [-0.4, -0.2) is 0 Å². The second-order valence-corrected chi connectivity index (χ2v) is 16.8. The Balaban J connectivity index is 1.07. The van der Waals surface area contributed by atoms with Crippen LogP contribution in [0.15, 0.2) is 174 Å². The van der Waals surface area contributed by atoms with Gasteiger partial charge in [0.25, 0.3) is 0 Å².